The van der Waals surface area contributed by atoms with Gasteiger partial charge in [-0.15, -0.1) is 0 Å². The lowest BCUT2D eigenvalue weighted by atomic mass is 9.81. The van der Waals surface area contributed by atoms with Gasteiger partial charge in [-0.1, -0.05) is 44.2 Å². The van der Waals surface area contributed by atoms with Crippen molar-refractivity contribution in [1.29, 1.82) is 0 Å². The van der Waals surface area contributed by atoms with E-state index < -0.39 is 0 Å². The number of likely N-dealkylation sites (tertiary alicyclic amines) is 1. The molecule has 110 valence electrons. The largest absolute Gasteiger partial charge is 0.373 e. The summed E-state index contributed by atoms with van der Waals surface area (Å²) in [7, 11) is 4.00. The molecule has 0 aromatic rings. The summed E-state index contributed by atoms with van der Waals surface area (Å²) in [5.74, 6) is 0. The van der Waals surface area contributed by atoms with Crippen molar-refractivity contribution >= 4 is 0 Å². The fourth-order valence-corrected chi connectivity index (χ4v) is 2.50. The summed E-state index contributed by atoms with van der Waals surface area (Å²) in [5.41, 5.74) is 2.53. The van der Waals surface area contributed by atoms with E-state index in [2.05, 4.69) is 38.5 Å². The molecule has 2 heteroatoms. The van der Waals surface area contributed by atoms with E-state index in [1.165, 1.54) is 11.1 Å². The lowest BCUT2D eigenvalue weighted by Gasteiger charge is -2.41. The van der Waals surface area contributed by atoms with Crippen molar-refractivity contribution in [3.63, 3.8) is 0 Å². The zero-order valence-corrected chi connectivity index (χ0v) is 13.6. The number of rotatable bonds is 4. The predicted molar refractivity (Wildman–Crippen MR) is 85.5 cm³/mol. The third-order valence-corrected chi connectivity index (χ3v) is 3.61. The van der Waals surface area contributed by atoms with Gasteiger partial charge in [-0.3, -0.25) is 0 Å². The predicted octanol–water partition coefficient (Wildman–Crippen LogP) is 4.20. The summed E-state index contributed by atoms with van der Waals surface area (Å²) in [6.45, 7) is 14.2. The maximum absolute atomic E-state index is 5.88. The molecule has 0 saturated carbocycles. The Morgan fingerprint density at radius 3 is 2.11 bits per heavy atom. The van der Waals surface area contributed by atoms with Gasteiger partial charge in [-0.25, -0.2) is 0 Å². The minimum Gasteiger partial charge on any atom is -0.373 e. The van der Waals surface area contributed by atoms with Gasteiger partial charge in [-0.05, 0) is 39.3 Å². The smallest absolute Gasteiger partial charge is 0.0951 e. The van der Waals surface area contributed by atoms with Crippen molar-refractivity contribution in [2.24, 2.45) is 0 Å². The third kappa shape index (κ3) is 4.96. The van der Waals surface area contributed by atoms with Crippen molar-refractivity contribution < 1.29 is 4.74 Å². The Morgan fingerprint density at radius 1 is 1.21 bits per heavy atom. The van der Waals surface area contributed by atoms with Crippen LogP contribution in [0.15, 0.2) is 36.0 Å². The topological polar surface area (TPSA) is 12.5 Å². The van der Waals surface area contributed by atoms with E-state index >= 15 is 0 Å². The van der Waals surface area contributed by atoms with Gasteiger partial charge in [0.25, 0.3) is 0 Å². The molecule has 0 aromatic heterocycles. The second-order valence-electron chi connectivity index (χ2n) is 5.01. The van der Waals surface area contributed by atoms with Crippen LogP contribution in [0.2, 0.25) is 0 Å². The average molecular weight is 265 g/mol. The van der Waals surface area contributed by atoms with Crippen molar-refractivity contribution in [3.8, 4) is 0 Å². The maximum Gasteiger partial charge on any atom is 0.0951 e. The summed E-state index contributed by atoms with van der Waals surface area (Å²) in [4.78, 5) is 2.36. The van der Waals surface area contributed by atoms with Crippen molar-refractivity contribution in [1.82, 2.24) is 4.90 Å². The molecule has 19 heavy (non-hydrogen) atoms. The van der Waals surface area contributed by atoms with Crippen molar-refractivity contribution in [3.05, 3.63) is 36.0 Å². The molecule has 0 bridgehead atoms. The van der Waals surface area contributed by atoms with Crippen LogP contribution < -0.4 is 0 Å². The third-order valence-electron chi connectivity index (χ3n) is 3.61. The first-order chi connectivity index (χ1) is 9.05. The normalized spacial score (nSPS) is 18.6. The van der Waals surface area contributed by atoms with E-state index in [9.17, 15) is 0 Å². The lowest BCUT2D eigenvalue weighted by Crippen LogP contribution is -2.45. The Balaban J connectivity index is 0.00000154. The standard InChI is InChI=1S/C15H25NO.C2H6/c1-6-7-8-14(13(2)3)15(17-5)9-11-16(4)12-10-15;1-2/h6-8H,1,9-12H2,2-5H3;1-2H3/b8-7-;. The number of piperidine rings is 1. The SMILES string of the molecule is C=C/C=C\C(=C(C)C)C1(OC)CCN(C)CC1.CC. The number of methoxy groups -OCH3 is 1. The van der Waals surface area contributed by atoms with Gasteiger partial charge in [0.1, 0.15) is 0 Å². The van der Waals surface area contributed by atoms with E-state index in [0.717, 1.165) is 25.9 Å². The molecule has 0 amide bonds. The van der Waals surface area contributed by atoms with Crippen LogP contribution in [0.1, 0.15) is 40.5 Å². The molecule has 0 spiro atoms. The molecule has 0 aliphatic carbocycles. The number of nitrogens with zero attached hydrogens (tertiary/aromatic N) is 1. The van der Waals surface area contributed by atoms with Crippen molar-refractivity contribution in [2.45, 2.75) is 46.1 Å². The molecular formula is C17H31NO. The summed E-state index contributed by atoms with van der Waals surface area (Å²) in [6.07, 6.45) is 8.09. The van der Waals surface area contributed by atoms with Gasteiger partial charge >= 0.3 is 0 Å². The molecule has 1 heterocycles. The first kappa shape index (κ1) is 18.1. The molecule has 0 atom stereocenters. The Hall–Kier alpha value is -0.860. The molecule has 0 N–H and O–H groups in total. The highest BCUT2D eigenvalue weighted by Crippen LogP contribution is 2.35. The minimum atomic E-state index is -0.106. The molecule has 2 nitrogen and oxygen atoms in total. The van der Waals surface area contributed by atoms with E-state index in [4.69, 9.17) is 4.74 Å². The van der Waals surface area contributed by atoms with E-state index in [0.29, 0.717) is 0 Å². The lowest BCUT2D eigenvalue weighted by molar-refractivity contribution is -0.0221. The molecule has 0 aromatic carbocycles. The zero-order valence-electron chi connectivity index (χ0n) is 13.6. The van der Waals surface area contributed by atoms with Crippen LogP contribution in [-0.4, -0.2) is 37.7 Å². The molecular weight excluding hydrogens is 234 g/mol. The van der Waals surface area contributed by atoms with E-state index in [-0.39, 0.29) is 5.60 Å². The highest BCUT2D eigenvalue weighted by molar-refractivity contribution is 5.35. The van der Waals surface area contributed by atoms with Crippen LogP contribution in [0.25, 0.3) is 0 Å². The molecule has 1 aliphatic rings. The summed E-state index contributed by atoms with van der Waals surface area (Å²) in [6, 6.07) is 0. The van der Waals surface area contributed by atoms with Gasteiger partial charge in [0, 0.05) is 20.2 Å². The van der Waals surface area contributed by atoms with Crippen LogP contribution >= 0.6 is 0 Å². The van der Waals surface area contributed by atoms with Crippen LogP contribution in [-0.2, 0) is 4.74 Å². The second kappa shape index (κ2) is 9.11. The quantitative estimate of drug-likeness (QED) is 0.706. The zero-order chi connectivity index (χ0) is 14.9. The molecule has 1 aliphatic heterocycles. The van der Waals surface area contributed by atoms with Gasteiger partial charge in [0.05, 0.1) is 5.60 Å². The molecule has 0 radical (unpaired) electrons. The number of hydrogen-bond donors (Lipinski definition) is 0. The number of allylic oxidation sites excluding steroid dienone is 3. The molecule has 1 fully saturated rings. The minimum absolute atomic E-state index is 0.106. The highest BCUT2D eigenvalue weighted by Gasteiger charge is 2.36. The fraction of sp³-hybridized carbons (Fsp3) is 0.647. The van der Waals surface area contributed by atoms with Crippen LogP contribution in [0.3, 0.4) is 0 Å². The Labute approximate surface area is 119 Å². The Kier molecular flexibility index (Phi) is 8.70. The van der Waals surface area contributed by atoms with Crippen LogP contribution in [0, 0.1) is 0 Å². The first-order valence-electron chi connectivity index (χ1n) is 7.26. The van der Waals surface area contributed by atoms with Gasteiger partial charge in [0.2, 0.25) is 0 Å². The molecule has 0 unspecified atom stereocenters. The van der Waals surface area contributed by atoms with Crippen LogP contribution in [0.5, 0.6) is 0 Å². The summed E-state index contributed by atoms with van der Waals surface area (Å²) >= 11 is 0. The molecule has 1 saturated heterocycles. The van der Waals surface area contributed by atoms with E-state index in [1.54, 1.807) is 0 Å². The Morgan fingerprint density at radius 2 is 1.74 bits per heavy atom. The average Bonchev–Trinajstić information content (AvgIpc) is 2.43. The summed E-state index contributed by atoms with van der Waals surface area (Å²) in [5, 5.41) is 0. The van der Waals surface area contributed by atoms with E-state index in [1.807, 2.05) is 33.1 Å². The van der Waals surface area contributed by atoms with Crippen LogP contribution in [0.4, 0.5) is 0 Å². The fourth-order valence-electron chi connectivity index (χ4n) is 2.50. The first-order valence-corrected chi connectivity index (χ1v) is 7.26. The number of ether oxygens (including phenoxy) is 1. The Bertz CT molecular complexity index is 316. The highest BCUT2D eigenvalue weighted by atomic mass is 16.5. The van der Waals surface area contributed by atoms with Gasteiger partial charge < -0.3 is 9.64 Å². The second-order valence-corrected chi connectivity index (χ2v) is 5.01. The van der Waals surface area contributed by atoms with Gasteiger partial charge in [0.15, 0.2) is 0 Å². The molecule has 1 rings (SSSR count). The maximum atomic E-state index is 5.88. The monoisotopic (exact) mass is 265 g/mol. The van der Waals surface area contributed by atoms with Crippen molar-refractivity contribution in [2.75, 3.05) is 27.2 Å². The van der Waals surface area contributed by atoms with Gasteiger partial charge in [-0.2, -0.15) is 0 Å². The summed E-state index contributed by atoms with van der Waals surface area (Å²) < 4.78 is 5.88. The number of hydrogen-bond acceptors (Lipinski definition) is 2.